The summed E-state index contributed by atoms with van der Waals surface area (Å²) in [6.07, 6.45) is 0. The molecule has 8 heteroatoms. The van der Waals surface area contributed by atoms with Gasteiger partial charge >= 0.3 is 0 Å². The lowest BCUT2D eigenvalue weighted by molar-refractivity contribution is -0.132. The molecule has 6 nitrogen and oxygen atoms in total. The molecule has 0 spiro atoms. The molecule has 174 valence electrons. The van der Waals surface area contributed by atoms with Crippen LogP contribution in [0.5, 0.6) is 11.5 Å². The van der Waals surface area contributed by atoms with E-state index in [4.69, 9.17) is 9.47 Å². The zero-order chi connectivity index (χ0) is 24.6. The molecule has 0 aromatic heterocycles. The van der Waals surface area contributed by atoms with Gasteiger partial charge in [0, 0.05) is 11.6 Å². The number of aryl methyl sites for hydroxylation is 1. The van der Waals surface area contributed by atoms with Gasteiger partial charge in [-0.2, -0.15) is 0 Å². The third-order valence-electron chi connectivity index (χ3n) is 5.63. The van der Waals surface area contributed by atoms with Gasteiger partial charge < -0.3 is 14.6 Å². The molecule has 3 aromatic carbocycles. The number of ketones is 1. The zero-order valence-corrected chi connectivity index (χ0v) is 18.6. The molecule has 1 fully saturated rings. The minimum absolute atomic E-state index is 0.188. The third kappa shape index (κ3) is 3.87. The average Bonchev–Trinajstić information content (AvgIpc) is 3.10. The number of anilines is 1. The molecule has 4 rings (SSSR count). The number of ether oxygens (including phenoxy) is 2. The van der Waals surface area contributed by atoms with Gasteiger partial charge in [0.2, 0.25) is 0 Å². The van der Waals surface area contributed by atoms with E-state index >= 15 is 0 Å². The van der Waals surface area contributed by atoms with Crippen molar-refractivity contribution in [3.63, 3.8) is 0 Å². The lowest BCUT2D eigenvalue weighted by atomic mass is 9.94. The van der Waals surface area contributed by atoms with Crippen molar-refractivity contribution in [2.45, 2.75) is 13.0 Å². The quantitative estimate of drug-likeness (QED) is 0.329. The van der Waals surface area contributed by atoms with E-state index in [9.17, 15) is 23.5 Å². The summed E-state index contributed by atoms with van der Waals surface area (Å²) in [5, 5.41) is 11.2. The molecule has 1 amide bonds. The van der Waals surface area contributed by atoms with Gasteiger partial charge in [0.25, 0.3) is 11.7 Å². The third-order valence-corrected chi connectivity index (χ3v) is 5.63. The van der Waals surface area contributed by atoms with Crippen molar-refractivity contribution in [3.05, 3.63) is 94.6 Å². The predicted octanol–water partition coefficient (Wildman–Crippen LogP) is 4.92. The monoisotopic (exact) mass is 465 g/mol. The molecule has 1 N–H and O–H groups in total. The molecule has 0 aliphatic carbocycles. The summed E-state index contributed by atoms with van der Waals surface area (Å²) in [6, 6.07) is 12.8. The molecular formula is C26H21F2NO5. The zero-order valence-electron chi connectivity index (χ0n) is 18.6. The van der Waals surface area contributed by atoms with Crippen LogP contribution in [0.3, 0.4) is 0 Å². The van der Waals surface area contributed by atoms with Crippen LogP contribution in [0.1, 0.15) is 22.7 Å². The van der Waals surface area contributed by atoms with Gasteiger partial charge in [-0.1, -0.05) is 29.8 Å². The van der Waals surface area contributed by atoms with Crippen LogP contribution >= 0.6 is 0 Å². The lowest BCUT2D eigenvalue weighted by Crippen LogP contribution is -2.30. The average molecular weight is 465 g/mol. The number of nitrogens with zero attached hydrogens (tertiary/aromatic N) is 1. The van der Waals surface area contributed by atoms with Gasteiger partial charge in [-0.15, -0.1) is 0 Å². The van der Waals surface area contributed by atoms with Crippen LogP contribution < -0.4 is 14.4 Å². The standard InChI is InChI=1S/C26H21F2NO5/c1-14-5-4-6-15(11-14)23-22(24(30)16-7-10-20(33-2)21(12-16)34-3)25(31)26(32)29(23)19-13-17(27)8-9-18(19)28/h4-13,23,30H,1-3H3/b24-22+. The van der Waals surface area contributed by atoms with Crippen molar-refractivity contribution in [1.82, 2.24) is 0 Å². The molecule has 0 bridgehead atoms. The number of amides is 1. The number of methoxy groups -OCH3 is 2. The van der Waals surface area contributed by atoms with Crippen LogP contribution in [-0.2, 0) is 9.59 Å². The number of aliphatic hydroxyl groups is 1. The highest BCUT2D eigenvalue weighted by Crippen LogP contribution is 2.44. The Kier molecular flexibility index (Phi) is 6.06. The van der Waals surface area contributed by atoms with Crippen molar-refractivity contribution < 1.29 is 33.0 Å². The predicted molar refractivity (Wildman–Crippen MR) is 122 cm³/mol. The molecule has 1 heterocycles. The van der Waals surface area contributed by atoms with Crippen LogP contribution in [0.15, 0.2) is 66.2 Å². The van der Waals surface area contributed by atoms with E-state index in [1.54, 1.807) is 18.2 Å². The number of rotatable bonds is 5. The molecule has 3 aromatic rings. The van der Waals surface area contributed by atoms with E-state index in [1.165, 1.54) is 32.4 Å². The highest BCUT2D eigenvalue weighted by atomic mass is 19.1. The van der Waals surface area contributed by atoms with Crippen molar-refractivity contribution in [2.75, 3.05) is 19.1 Å². The largest absolute Gasteiger partial charge is 0.507 e. The normalized spacial score (nSPS) is 17.2. The van der Waals surface area contributed by atoms with Crippen LogP contribution in [0, 0.1) is 18.6 Å². The Balaban J connectivity index is 1.98. The van der Waals surface area contributed by atoms with Gasteiger partial charge in [-0.05, 0) is 42.8 Å². The smallest absolute Gasteiger partial charge is 0.300 e. The number of benzene rings is 3. The first-order valence-electron chi connectivity index (χ1n) is 10.3. The van der Waals surface area contributed by atoms with Gasteiger partial charge in [-0.3, -0.25) is 14.5 Å². The number of carbonyl (C=O) groups is 2. The minimum Gasteiger partial charge on any atom is -0.507 e. The fourth-order valence-corrected chi connectivity index (χ4v) is 4.05. The maximum Gasteiger partial charge on any atom is 0.300 e. The summed E-state index contributed by atoms with van der Waals surface area (Å²) >= 11 is 0. The SMILES string of the molecule is COc1ccc(/C(O)=C2\C(=O)C(=O)N(c3cc(F)ccc3F)C2c2cccc(C)c2)cc1OC. The van der Waals surface area contributed by atoms with E-state index in [0.29, 0.717) is 17.1 Å². The Labute approximate surface area is 194 Å². The second-order valence-corrected chi connectivity index (χ2v) is 7.75. The molecule has 0 radical (unpaired) electrons. The van der Waals surface area contributed by atoms with E-state index in [-0.39, 0.29) is 11.1 Å². The van der Waals surface area contributed by atoms with Crippen molar-refractivity contribution >= 4 is 23.1 Å². The fraction of sp³-hybridized carbons (Fsp3) is 0.154. The number of halogens is 2. The maximum absolute atomic E-state index is 14.7. The van der Waals surface area contributed by atoms with Crippen molar-refractivity contribution in [2.24, 2.45) is 0 Å². The molecule has 0 saturated carbocycles. The van der Waals surface area contributed by atoms with Crippen LogP contribution in [0.2, 0.25) is 0 Å². The lowest BCUT2D eigenvalue weighted by Gasteiger charge is -2.26. The fourth-order valence-electron chi connectivity index (χ4n) is 4.05. The highest BCUT2D eigenvalue weighted by molar-refractivity contribution is 6.51. The number of hydrogen-bond donors (Lipinski definition) is 1. The number of hydrogen-bond acceptors (Lipinski definition) is 5. The summed E-state index contributed by atoms with van der Waals surface area (Å²) in [6.45, 7) is 1.81. The number of carbonyl (C=O) groups excluding carboxylic acids is 2. The van der Waals surface area contributed by atoms with Crippen LogP contribution in [-0.4, -0.2) is 31.0 Å². The molecule has 1 unspecified atom stereocenters. The Morgan fingerprint density at radius 1 is 0.941 bits per heavy atom. The van der Waals surface area contributed by atoms with Gasteiger partial charge in [0.1, 0.15) is 17.4 Å². The first-order valence-corrected chi connectivity index (χ1v) is 10.3. The van der Waals surface area contributed by atoms with E-state index in [2.05, 4.69) is 0 Å². The Morgan fingerprint density at radius 3 is 2.35 bits per heavy atom. The first kappa shape index (κ1) is 23.0. The topological polar surface area (TPSA) is 76.1 Å². The highest BCUT2D eigenvalue weighted by Gasteiger charge is 2.48. The summed E-state index contributed by atoms with van der Waals surface area (Å²) in [7, 11) is 2.87. The summed E-state index contributed by atoms with van der Waals surface area (Å²) in [4.78, 5) is 27.1. The molecular weight excluding hydrogens is 444 g/mol. The summed E-state index contributed by atoms with van der Waals surface area (Å²) in [5.41, 5.74) is 0.790. The second-order valence-electron chi connectivity index (χ2n) is 7.75. The minimum atomic E-state index is -1.19. The van der Waals surface area contributed by atoms with E-state index < -0.39 is 40.8 Å². The van der Waals surface area contributed by atoms with Crippen molar-refractivity contribution in [3.8, 4) is 11.5 Å². The van der Waals surface area contributed by atoms with E-state index in [1.807, 2.05) is 13.0 Å². The maximum atomic E-state index is 14.7. The molecule has 34 heavy (non-hydrogen) atoms. The van der Waals surface area contributed by atoms with E-state index in [0.717, 1.165) is 28.7 Å². The summed E-state index contributed by atoms with van der Waals surface area (Å²) < 4.78 is 39.2. The Morgan fingerprint density at radius 2 is 1.68 bits per heavy atom. The molecule has 1 atom stereocenters. The van der Waals surface area contributed by atoms with Crippen LogP contribution in [0.25, 0.3) is 5.76 Å². The number of Topliss-reactive ketones (excluding diaryl/α,β-unsaturated/α-hetero) is 1. The number of aliphatic hydroxyl groups excluding tert-OH is 1. The Hall–Kier alpha value is -4.20. The van der Waals surface area contributed by atoms with Gasteiger partial charge in [0.15, 0.2) is 11.5 Å². The van der Waals surface area contributed by atoms with Gasteiger partial charge in [-0.25, -0.2) is 8.78 Å². The van der Waals surface area contributed by atoms with Crippen molar-refractivity contribution in [1.29, 1.82) is 0 Å². The summed E-state index contributed by atoms with van der Waals surface area (Å²) in [5.74, 6) is -3.56. The van der Waals surface area contributed by atoms with Gasteiger partial charge in [0.05, 0.1) is 31.5 Å². The Bertz CT molecular complexity index is 1330. The first-order chi connectivity index (χ1) is 16.3. The molecule has 1 aliphatic rings. The second kappa shape index (κ2) is 8.97. The molecule has 1 saturated heterocycles. The van der Waals surface area contributed by atoms with Crippen LogP contribution in [0.4, 0.5) is 14.5 Å². The molecule has 1 aliphatic heterocycles.